The molecule has 0 saturated heterocycles. The molecule has 0 bridgehead atoms. The lowest BCUT2D eigenvalue weighted by molar-refractivity contribution is -0.116. The van der Waals surface area contributed by atoms with Gasteiger partial charge in [0.15, 0.2) is 0 Å². The molecule has 2 aromatic carbocycles. The van der Waals surface area contributed by atoms with Gasteiger partial charge in [-0.25, -0.2) is 0 Å². The maximum Gasteiger partial charge on any atom is 0.311 e. The molecule has 0 aliphatic carbocycles. The molecule has 1 aliphatic rings. The standard InChI is InChI=1S/C23H21N3O4S/c1-3-14-5-4-6-18-15(12-24-21(14)18)11-19-22(28)26(23(29)31-19)13-20(27)25-16-7-9-17(30-2)10-8-16/h4-12,28H,3,13H2,1-2H3,(H,25,27)/b15-11+. The van der Waals surface area contributed by atoms with E-state index in [0.29, 0.717) is 16.3 Å². The molecule has 8 heteroatoms. The van der Waals surface area contributed by atoms with Gasteiger partial charge in [-0.2, -0.15) is 0 Å². The fraction of sp³-hybridized carbons (Fsp3) is 0.174. The third-order valence-electron chi connectivity index (χ3n) is 5.00. The third kappa shape index (κ3) is 4.15. The lowest BCUT2D eigenvalue weighted by atomic mass is 10.0. The van der Waals surface area contributed by atoms with E-state index in [0.717, 1.165) is 44.7 Å². The van der Waals surface area contributed by atoms with Gasteiger partial charge in [0.1, 0.15) is 12.3 Å². The summed E-state index contributed by atoms with van der Waals surface area (Å²) in [4.78, 5) is 29.3. The Hall–Kier alpha value is -3.65. The maximum atomic E-state index is 12.4. The summed E-state index contributed by atoms with van der Waals surface area (Å²) >= 11 is 0.888. The summed E-state index contributed by atoms with van der Waals surface area (Å²) < 4.78 is 6.15. The van der Waals surface area contributed by atoms with Crippen LogP contribution >= 0.6 is 11.3 Å². The van der Waals surface area contributed by atoms with Crippen LogP contribution in [-0.2, 0) is 17.8 Å². The number of carbonyl (C=O) groups is 1. The number of amides is 1. The highest BCUT2D eigenvalue weighted by molar-refractivity contribution is 7.10. The number of aromatic nitrogens is 1. The predicted molar refractivity (Wildman–Crippen MR) is 124 cm³/mol. The van der Waals surface area contributed by atoms with Gasteiger partial charge >= 0.3 is 4.87 Å². The Labute approximate surface area is 183 Å². The first-order valence-corrected chi connectivity index (χ1v) is 10.6. The molecular formula is C23H21N3O4S. The third-order valence-corrected chi connectivity index (χ3v) is 5.92. The second-order valence-corrected chi connectivity index (χ2v) is 7.94. The number of para-hydroxylation sites is 1. The number of allylic oxidation sites excluding steroid dienone is 1. The first-order valence-electron chi connectivity index (χ1n) is 9.74. The molecule has 7 nitrogen and oxygen atoms in total. The fourth-order valence-electron chi connectivity index (χ4n) is 3.39. The lowest BCUT2D eigenvalue weighted by Crippen LogP contribution is -2.24. The number of aliphatic imine (C=N–C) groups is 1. The molecule has 158 valence electrons. The molecule has 0 unspecified atom stereocenters. The number of thiazole rings is 1. The van der Waals surface area contributed by atoms with E-state index in [1.165, 1.54) is 0 Å². The summed E-state index contributed by atoms with van der Waals surface area (Å²) in [5.41, 5.74) is 4.41. The Kier molecular flexibility index (Phi) is 5.73. The minimum Gasteiger partial charge on any atom is -0.497 e. The van der Waals surface area contributed by atoms with Crippen LogP contribution in [0.15, 0.2) is 52.3 Å². The number of ether oxygens (including phenoxy) is 1. The van der Waals surface area contributed by atoms with Crippen molar-refractivity contribution in [1.82, 2.24) is 4.57 Å². The van der Waals surface area contributed by atoms with Crippen molar-refractivity contribution in [3.8, 4) is 11.6 Å². The zero-order valence-electron chi connectivity index (χ0n) is 17.1. The fourth-order valence-corrected chi connectivity index (χ4v) is 4.22. The Morgan fingerprint density at radius 2 is 2.03 bits per heavy atom. The molecule has 1 amide bonds. The van der Waals surface area contributed by atoms with Crippen LogP contribution in [-0.4, -0.2) is 28.9 Å². The van der Waals surface area contributed by atoms with Gasteiger partial charge < -0.3 is 15.2 Å². The highest BCUT2D eigenvalue weighted by Gasteiger charge is 2.19. The van der Waals surface area contributed by atoms with Crippen molar-refractivity contribution in [2.24, 2.45) is 4.99 Å². The number of carbonyl (C=O) groups excluding carboxylic acids is 1. The second kappa shape index (κ2) is 8.61. The van der Waals surface area contributed by atoms with E-state index >= 15 is 0 Å². The van der Waals surface area contributed by atoms with Crippen molar-refractivity contribution < 1.29 is 14.6 Å². The monoisotopic (exact) mass is 435 g/mol. The average Bonchev–Trinajstić information content (AvgIpc) is 3.30. The number of fused-ring (bicyclic) bond motifs is 1. The molecule has 0 atom stereocenters. The van der Waals surface area contributed by atoms with Gasteiger partial charge in [-0.15, -0.1) is 0 Å². The molecule has 3 aromatic rings. The highest BCUT2D eigenvalue weighted by atomic mass is 32.1. The smallest absolute Gasteiger partial charge is 0.311 e. The Balaban J connectivity index is 1.55. The summed E-state index contributed by atoms with van der Waals surface area (Å²) in [7, 11) is 1.56. The van der Waals surface area contributed by atoms with E-state index in [9.17, 15) is 14.7 Å². The molecular weight excluding hydrogens is 414 g/mol. The predicted octanol–water partition coefficient (Wildman–Crippen LogP) is 4.08. The van der Waals surface area contributed by atoms with Gasteiger partial charge in [0.05, 0.1) is 17.7 Å². The molecule has 2 heterocycles. The van der Waals surface area contributed by atoms with Gasteiger partial charge in [0, 0.05) is 23.0 Å². The molecule has 0 radical (unpaired) electrons. The Morgan fingerprint density at radius 3 is 2.74 bits per heavy atom. The van der Waals surface area contributed by atoms with Crippen molar-refractivity contribution in [3.63, 3.8) is 0 Å². The van der Waals surface area contributed by atoms with Gasteiger partial charge in [0.2, 0.25) is 11.8 Å². The quantitative estimate of drug-likeness (QED) is 0.610. The normalized spacial score (nSPS) is 13.4. The molecule has 4 rings (SSSR count). The SMILES string of the molecule is CCc1cccc2c1N=C/C2=C\c1sc(=O)n(CC(=O)Nc2ccc(OC)cc2)c1O. The zero-order chi connectivity index (χ0) is 22.0. The first-order chi connectivity index (χ1) is 15.0. The molecule has 1 aromatic heterocycles. The number of hydrogen-bond donors (Lipinski definition) is 2. The number of nitrogens with zero attached hydrogens (tertiary/aromatic N) is 2. The largest absolute Gasteiger partial charge is 0.497 e. The topological polar surface area (TPSA) is 92.9 Å². The first kappa shape index (κ1) is 20.6. The molecule has 1 aliphatic heterocycles. The number of aromatic hydroxyl groups is 1. The van der Waals surface area contributed by atoms with E-state index in [-0.39, 0.29) is 12.4 Å². The van der Waals surface area contributed by atoms with Crippen LogP contribution in [0.1, 0.15) is 22.9 Å². The summed E-state index contributed by atoms with van der Waals surface area (Å²) in [6.07, 6.45) is 4.33. The van der Waals surface area contributed by atoms with Crippen LogP contribution in [0, 0.1) is 0 Å². The van der Waals surface area contributed by atoms with Crippen molar-refractivity contribution in [2.75, 3.05) is 12.4 Å². The lowest BCUT2D eigenvalue weighted by Gasteiger charge is -2.07. The van der Waals surface area contributed by atoms with E-state index in [2.05, 4.69) is 17.2 Å². The Bertz CT molecular complexity index is 1250. The van der Waals surface area contributed by atoms with Crippen LogP contribution in [0.3, 0.4) is 0 Å². The van der Waals surface area contributed by atoms with E-state index < -0.39 is 10.8 Å². The molecule has 0 spiro atoms. The van der Waals surface area contributed by atoms with Crippen molar-refractivity contribution in [1.29, 1.82) is 0 Å². The molecule has 31 heavy (non-hydrogen) atoms. The van der Waals surface area contributed by atoms with Gasteiger partial charge in [-0.1, -0.05) is 36.5 Å². The van der Waals surface area contributed by atoms with Crippen molar-refractivity contribution in [3.05, 3.63) is 68.1 Å². The van der Waals surface area contributed by atoms with E-state index in [4.69, 9.17) is 4.74 Å². The van der Waals surface area contributed by atoms with Gasteiger partial charge in [0.25, 0.3) is 0 Å². The number of benzene rings is 2. The second-order valence-electron chi connectivity index (χ2n) is 6.94. The van der Waals surface area contributed by atoms with Gasteiger partial charge in [-0.05, 0) is 42.3 Å². The van der Waals surface area contributed by atoms with Crippen LogP contribution in [0.25, 0.3) is 11.6 Å². The minimum absolute atomic E-state index is 0.235. The maximum absolute atomic E-state index is 12.4. The molecule has 2 N–H and O–H groups in total. The van der Waals surface area contributed by atoms with Gasteiger partial charge in [-0.3, -0.25) is 19.1 Å². The highest BCUT2D eigenvalue weighted by Crippen LogP contribution is 2.37. The average molecular weight is 436 g/mol. The number of hydrogen-bond acceptors (Lipinski definition) is 6. The Morgan fingerprint density at radius 1 is 1.26 bits per heavy atom. The zero-order valence-corrected chi connectivity index (χ0v) is 17.9. The van der Waals surface area contributed by atoms with E-state index in [1.807, 2.05) is 18.2 Å². The molecule has 0 saturated carbocycles. The van der Waals surface area contributed by atoms with Crippen LogP contribution < -0.4 is 14.9 Å². The number of nitrogens with one attached hydrogen (secondary N) is 1. The van der Waals surface area contributed by atoms with Crippen LogP contribution in [0.4, 0.5) is 11.4 Å². The summed E-state index contributed by atoms with van der Waals surface area (Å²) in [6.45, 7) is 1.78. The van der Waals surface area contributed by atoms with Crippen LogP contribution in [0.5, 0.6) is 11.6 Å². The number of anilines is 1. The van der Waals surface area contributed by atoms with Crippen molar-refractivity contribution in [2.45, 2.75) is 19.9 Å². The number of methoxy groups -OCH3 is 1. The summed E-state index contributed by atoms with van der Waals surface area (Å²) in [5, 5.41) is 13.3. The summed E-state index contributed by atoms with van der Waals surface area (Å²) in [6, 6.07) is 12.8. The number of aryl methyl sites for hydroxylation is 1. The summed E-state index contributed by atoms with van der Waals surface area (Å²) in [5.74, 6) is 0.0197. The van der Waals surface area contributed by atoms with Crippen molar-refractivity contribution >= 4 is 46.5 Å². The molecule has 0 fully saturated rings. The number of rotatable bonds is 6. The van der Waals surface area contributed by atoms with E-state index in [1.54, 1.807) is 43.7 Å². The van der Waals surface area contributed by atoms with Crippen LogP contribution in [0.2, 0.25) is 0 Å². The minimum atomic E-state index is -0.417.